The van der Waals surface area contributed by atoms with Gasteiger partial charge in [-0.1, -0.05) is 42.1 Å². The smallest absolute Gasteiger partial charge is 0.262 e. The topological polar surface area (TPSA) is 73.2 Å². The number of rotatable bonds is 8. The van der Waals surface area contributed by atoms with Crippen LogP contribution in [0.1, 0.15) is 42.5 Å². The van der Waals surface area contributed by atoms with E-state index in [2.05, 4.69) is 28.5 Å². The van der Waals surface area contributed by atoms with Crippen molar-refractivity contribution in [2.75, 3.05) is 19.5 Å². The Bertz CT molecular complexity index is 1170. The molecular formula is C25H29N3O3S. The monoisotopic (exact) mass is 451 g/mol. The summed E-state index contributed by atoms with van der Waals surface area (Å²) in [6.07, 6.45) is 4.76. The standard InChI is InChI=1S/C25H29N3O3S/c1-17(19-12-11-18-7-3-4-8-20(18)15-19)26-23(29)16-32-25-27-22-10-6-5-9-21(22)24(30)28(25)13-14-31-2/h5-6,9-12,15,17H,3-4,7-8,13-14,16H2,1-2H3,(H,26,29)/t17-/m0/s1. The minimum absolute atomic E-state index is 0.0735. The van der Waals surface area contributed by atoms with Gasteiger partial charge in [0.1, 0.15) is 0 Å². The number of carbonyl (C=O) groups is 1. The summed E-state index contributed by atoms with van der Waals surface area (Å²) in [5.74, 6) is 0.105. The lowest BCUT2D eigenvalue weighted by atomic mass is 9.89. The van der Waals surface area contributed by atoms with Gasteiger partial charge in [0.15, 0.2) is 5.16 Å². The van der Waals surface area contributed by atoms with Crippen LogP contribution in [0.4, 0.5) is 0 Å². The highest BCUT2D eigenvalue weighted by Crippen LogP contribution is 2.25. The van der Waals surface area contributed by atoms with Crippen LogP contribution < -0.4 is 10.9 Å². The number of hydrogen-bond acceptors (Lipinski definition) is 5. The minimum Gasteiger partial charge on any atom is -0.383 e. The van der Waals surface area contributed by atoms with Crippen molar-refractivity contribution >= 4 is 28.6 Å². The Balaban J connectivity index is 1.46. The molecule has 1 aromatic heterocycles. The molecule has 0 aliphatic heterocycles. The van der Waals surface area contributed by atoms with E-state index < -0.39 is 0 Å². The molecule has 7 heteroatoms. The van der Waals surface area contributed by atoms with E-state index in [1.165, 1.54) is 35.7 Å². The Hall–Kier alpha value is -2.64. The van der Waals surface area contributed by atoms with Crippen molar-refractivity contribution in [3.05, 3.63) is 69.5 Å². The van der Waals surface area contributed by atoms with Crippen molar-refractivity contribution in [2.45, 2.75) is 50.4 Å². The highest BCUT2D eigenvalue weighted by Gasteiger charge is 2.16. The van der Waals surface area contributed by atoms with Gasteiger partial charge >= 0.3 is 0 Å². The van der Waals surface area contributed by atoms with Crippen LogP contribution in [-0.4, -0.2) is 34.9 Å². The SMILES string of the molecule is COCCn1c(SCC(=O)N[C@@H](C)c2ccc3c(c2)CCCC3)nc2ccccc2c1=O. The Labute approximate surface area is 192 Å². The number of thioether (sulfide) groups is 1. The first-order chi connectivity index (χ1) is 15.6. The van der Waals surface area contributed by atoms with E-state index in [1.54, 1.807) is 17.7 Å². The second-order valence-corrected chi connectivity index (χ2v) is 9.12. The van der Waals surface area contributed by atoms with Gasteiger partial charge in [0.05, 0.1) is 35.8 Å². The summed E-state index contributed by atoms with van der Waals surface area (Å²) < 4.78 is 6.75. The first-order valence-electron chi connectivity index (χ1n) is 11.1. The molecule has 6 nitrogen and oxygen atoms in total. The van der Waals surface area contributed by atoms with Crippen molar-refractivity contribution in [1.29, 1.82) is 0 Å². The number of amides is 1. The second kappa shape index (κ2) is 10.3. The number of benzene rings is 2. The van der Waals surface area contributed by atoms with Gasteiger partial charge in [-0.3, -0.25) is 14.2 Å². The average Bonchev–Trinajstić information content (AvgIpc) is 2.82. The third kappa shape index (κ3) is 5.05. The summed E-state index contributed by atoms with van der Waals surface area (Å²) >= 11 is 1.28. The summed E-state index contributed by atoms with van der Waals surface area (Å²) in [7, 11) is 1.60. The van der Waals surface area contributed by atoms with E-state index in [0.29, 0.717) is 29.2 Å². The number of ether oxygens (including phenoxy) is 1. The number of hydrogen-bond donors (Lipinski definition) is 1. The van der Waals surface area contributed by atoms with Crippen LogP contribution in [0.3, 0.4) is 0 Å². The van der Waals surface area contributed by atoms with Gasteiger partial charge in [0, 0.05) is 7.11 Å². The molecule has 1 aliphatic rings. The Morgan fingerprint density at radius 3 is 2.78 bits per heavy atom. The van der Waals surface area contributed by atoms with E-state index in [9.17, 15) is 9.59 Å². The predicted octanol–water partition coefficient (Wildman–Crippen LogP) is 3.89. The molecule has 32 heavy (non-hydrogen) atoms. The van der Waals surface area contributed by atoms with Crippen LogP contribution in [-0.2, 0) is 28.9 Å². The first kappa shape index (κ1) is 22.6. The van der Waals surface area contributed by atoms with E-state index in [1.807, 2.05) is 25.1 Å². The molecule has 0 spiro atoms. The lowest BCUT2D eigenvalue weighted by Gasteiger charge is -2.20. The Kier molecular flexibility index (Phi) is 7.27. The maximum Gasteiger partial charge on any atom is 0.262 e. The maximum atomic E-state index is 12.9. The fourth-order valence-corrected chi connectivity index (χ4v) is 4.99. The van der Waals surface area contributed by atoms with Crippen LogP contribution in [0.5, 0.6) is 0 Å². The van der Waals surface area contributed by atoms with Gasteiger partial charge in [-0.15, -0.1) is 0 Å². The predicted molar refractivity (Wildman–Crippen MR) is 128 cm³/mol. The second-order valence-electron chi connectivity index (χ2n) is 8.17. The molecule has 4 rings (SSSR count). The molecular weight excluding hydrogens is 422 g/mol. The third-order valence-electron chi connectivity index (χ3n) is 5.93. The molecule has 1 amide bonds. The average molecular weight is 452 g/mol. The van der Waals surface area contributed by atoms with Crippen molar-refractivity contribution in [3.63, 3.8) is 0 Å². The summed E-state index contributed by atoms with van der Waals surface area (Å²) in [5.41, 5.74) is 4.50. The van der Waals surface area contributed by atoms with Crippen molar-refractivity contribution < 1.29 is 9.53 Å². The minimum atomic E-state index is -0.113. The van der Waals surface area contributed by atoms with Crippen LogP contribution in [0, 0.1) is 0 Å². The van der Waals surface area contributed by atoms with Crippen LogP contribution >= 0.6 is 11.8 Å². The lowest BCUT2D eigenvalue weighted by Crippen LogP contribution is -2.29. The molecule has 0 bridgehead atoms. The first-order valence-corrected chi connectivity index (χ1v) is 12.1. The lowest BCUT2D eigenvalue weighted by molar-refractivity contribution is -0.119. The number of fused-ring (bicyclic) bond motifs is 2. The van der Waals surface area contributed by atoms with Crippen LogP contribution in [0.15, 0.2) is 52.4 Å². The van der Waals surface area contributed by atoms with Gasteiger partial charge in [0.2, 0.25) is 5.91 Å². The number of nitrogens with one attached hydrogen (secondary N) is 1. The number of methoxy groups -OCH3 is 1. The zero-order valence-corrected chi connectivity index (χ0v) is 19.4. The largest absolute Gasteiger partial charge is 0.383 e. The van der Waals surface area contributed by atoms with E-state index >= 15 is 0 Å². The number of aryl methyl sites for hydroxylation is 2. The zero-order valence-electron chi connectivity index (χ0n) is 18.6. The molecule has 0 radical (unpaired) electrons. The number of aromatic nitrogens is 2. The summed E-state index contributed by atoms with van der Waals surface area (Å²) in [6.45, 7) is 2.80. The maximum absolute atomic E-state index is 12.9. The van der Waals surface area contributed by atoms with Crippen molar-refractivity contribution in [2.24, 2.45) is 0 Å². The normalized spacial score (nSPS) is 14.2. The number of nitrogens with zero attached hydrogens (tertiary/aromatic N) is 2. The Morgan fingerprint density at radius 2 is 1.97 bits per heavy atom. The van der Waals surface area contributed by atoms with Crippen LogP contribution in [0.25, 0.3) is 10.9 Å². The summed E-state index contributed by atoms with van der Waals surface area (Å²) in [4.78, 5) is 30.3. The molecule has 0 saturated heterocycles. The molecule has 3 aromatic rings. The highest BCUT2D eigenvalue weighted by atomic mass is 32.2. The zero-order chi connectivity index (χ0) is 22.5. The third-order valence-corrected chi connectivity index (χ3v) is 6.90. The molecule has 1 atom stereocenters. The molecule has 1 N–H and O–H groups in total. The van der Waals surface area contributed by atoms with Gasteiger partial charge in [-0.2, -0.15) is 0 Å². The highest BCUT2D eigenvalue weighted by molar-refractivity contribution is 7.99. The van der Waals surface area contributed by atoms with Crippen molar-refractivity contribution in [1.82, 2.24) is 14.9 Å². The molecule has 1 aliphatic carbocycles. The molecule has 168 valence electrons. The van der Waals surface area contributed by atoms with Gasteiger partial charge in [0.25, 0.3) is 5.56 Å². The van der Waals surface area contributed by atoms with E-state index in [0.717, 1.165) is 18.4 Å². The number of carbonyl (C=O) groups excluding carboxylic acids is 1. The van der Waals surface area contributed by atoms with Gasteiger partial charge in [-0.25, -0.2) is 4.98 Å². The van der Waals surface area contributed by atoms with Crippen LogP contribution in [0.2, 0.25) is 0 Å². The Morgan fingerprint density at radius 1 is 1.19 bits per heavy atom. The molecule has 0 saturated carbocycles. The molecule has 0 fully saturated rings. The van der Waals surface area contributed by atoms with Gasteiger partial charge in [-0.05, 0) is 61.4 Å². The quantitative estimate of drug-likeness (QED) is 0.416. The molecule has 2 aromatic carbocycles. The number of para-hydroxylation sites is 1. The van der Waals surface area contributed by atoms with Crippen molar-refractivity contribution in [3.8, 4) is 0 Å². The summed E-state index contributed by atoms with van der Waals surface area (Å²) in [6, 6.07) is 13.8. The molecule has 0 unspecified atom stereocenters. The fourth-order valence-electron chi connectivity index (χ4n) is 4.16. The fraction of sp³-hybridized carbons (Fsp3) is 0.400. The summed E-state index contributed by atoms with van der Waals surface area (Å²) in [5, 5.41) is 4.19. The van der Waals surface area contributed by atoms with E-state index in [4.69, 9.17) is 4.74 Å². The van der Waals surface area contributed by atoms with E-state index in [-0.39, 0.29) is 23.3 Å². The van der Waals surface area contributed by atoms with Gasteiger partial charge < -0.3 is 10.1 Å². The molecule has 1 heterocycles.